The van der Waals surface area contributed by atoms with E-state index in [2.05, 4.69) is 12.1 Å². The summed E-state index contributed by atoms with van der Waals surface area (Å²) >= 11 is 0. The van der Waals surface area contributed by atoms with Crippen molar-refractivity contribution in [2.75, 3.05) is 4.90 Å². The number of nitrogens with zero attached hydrogens (tertiary/aromatic N) is 3. The highest BCUT2D eigenvalue weighted by molar-refractivity contribution is 6.27. The van der Waals surface area contributed by atoms with E-state index in [1.54, 1.807) is 18.3 Å². The Kier molecular flexibility index (Phi) is 5.10. The number of rotatable bonds is 4. The molecule has 0 saturated carbocycles. The summed E-state index contributed by atoms with van der Waals surface area (Å²) in [5.41, 5.74) is 4.04. The van der Waals surface area contributed by atoms with Crippen LogP contribution in [0.25, 0.3) is 10.8 Å². The highest BCUT2D eigenvalue weighted by Gasteiger charge is 2.68. The highest BCUT2D eigenvalue weighted by Crippen LogP contribution is 2.64. The van der Waals surface area contributed by atoms with Gasteiger partial charge in [0.25, 0.3) is 5.69 Å². The molecule has 42 heavy (non-hydrogen) atoms. The van der Waals surface area contributed by atoms with E-state index in [4.69, 9.17) is 4.99 Å². The van der Waals surface area contributed by atoms with Crippen LogP contribution in [-0.4, -0.2) is 23.0 Å². The number of hydrogen-bond donors (Lipinski definition) is 0. The Labute approximate surface area is 240 Å². The second-order valence-electron chi connectivity index (χ2n) is 11.1. The lowest BCUT2D eigenvalue weighted by Gasteiger charge is -2.52. The first-order valence-corrected chi connectivity index (χ1v) is 13.8. The number of anilines is 1. The molecule has 0 radical (unpaired) electrons. The zero-order chi connectivity index (χ0) is 28.6. The third-order valence-electron chi connectivity index (χ3n) is 9.17. The quantitative estimate of drug-likeness (QED) is 0.108. The van der Waals surface area contributed by atoms with E-state index in [1.165, 1.54) is 17.0 Å². The van der Waals surface area contributed by atoms with Gasteiger partial charge in [0.05, 0.1) is 33.5 Å². The third-order valence-corrected chi connectivity index (χ3v) is 9.17. The van der Waals surface area contributed by atoms with Gasteiger partial charge in [0.15, 0.2) is 0 Å². The Morgan fingerprint density at radius 2 is 1.36 bits per heavy atom. The highest BCUT2D eigenvalue weighted by atomic mass is 16.6. The fourth-order valence-corrected chi connectivity index (χ4v) is 7.53. The predicted molar refractivity (Wildman–Crippen MR) is 160 cm³/mol. The van der Waals surface area contributed by atoms with Crippen LogP contribution in [0.2, 0.25) is 0 Å². The molecular weight excluding hydrogens is 526 g/mol. The number of amides is 2. The molecule has 3 aliphatic carbocycles. The molecule has 2 bridgehead atoms. The van der Waals surface area contributed by atoms with Crippen molar-refractivity contribution in [1.29, 1.82) is 0 Å². The lowest BCUT2D eigenvalue weighted by Crippen LogP contribution is -2.54. The molecule has 202 valence electrons. The number of carbonyl (C=O) groups is 2. The summed E-state index contributed by atoms with van der Waals surface area (Å²) in [5.74, 6) is -2.03. The molecule has 1 aliphatic heterocycles. The molecule has 1 heterocycles. The van der Waals surface area contributed by atoms with Gasteiger partial charge in [-0.1, -0.05) is 84.9 Å². The molecule has 2 atom stereocenters. The van der Waals surface area contributed by atoms with E-state index in [0.29, 0.717) is 11.4 Å². The van der Waals surface area contributed by atoms with Crippen molar-refractivity contribution in [3.8, 4) is 0 Å². The maximum atomic E-state index is 14.7. The SMILES string of the molecule is O=C1[C@@H]2C3c4ccccc4C(C=Nc4ccc([N+](=O)[O-])cc4)(c4ccccc43)[C@@H]2C(=O)N1c1cccc2ccccc12. The second kappa shape index (κ2) is 8.78. The molecule has 0 unspecified atom stereocenters. The van der Waals surface area contributed by atoms with E-state index < -0.39 is 22.2 Å². The van der Waals surface area contributed by atoms with E-state index >= 15 is 0 Å². The number of hydrogen-bond acceptors (Lipinski definition) is 5. The van der Waals surface area contributed by atoms with E-state index in [-0.39, 0.29) is 23.4 Å². The number of carbonyl (C=O) groups excluding carboxylic acids is 2. The van der Waals surface area contributed by atoms with Crippen LogP contribution in [0.4, 0.5) is 17.1 Å². The Morgan fingerprint density at radius 1 is 0.738 bits per heavy atom. The number of aliphatic imine (C=N–C) groups is 1. The lowest BCUT2D eigenvalue weighted by atomic mass is 9.47. The Bertz CT molecular complexity index is 1950. The van der Waals surface area contributed by atoms with Gasteiger partial charge in [-0.05, 0) is 45.8 Å². The number of nitro groups is 1. The van der Waals surface area contributed by atoms with Gasteiger partial charge < -0.3 is 0 Å². The van der Waals surface area contributed by atoms with Gasteiger partial charge in [0.2, 0.25) is 11.8 Å². The Balaban J connectivity index is 1.37. The van der Waals surface area contributed by atoms with E-state index in [9.17, 15) is 19.7 Å². The van der Waals surface area contributed by atoms with Gasteiger partial charge in [-0.2, -0.15) is 0 Å². The monoisotopic (exact) mass is 549 g/mol. The minimum atomic E-state index is -1.01. The number of benzene rings is 5. The molecule has 9 rings (SSSR count). The van der Waals surface area contributed by atoms with Crippen LogP contribution in [-0.2, 0) is 15.0 Å². The molecule has 5 aromatic carbocycles. The molecule has 5 aromatic rings. The maximum Gasteiger partial charge on any atom is 0.269 e. The summed E-state index contributed by atoms with van der Waals surface area (Å²) in [6, 6.07) is 35.5. The molecular formula is C35H23N3O4. The molecule has 2 amide bonds. The number of imide groups is 1. The van der Waals surface area contributed by atoms with Crippen LogP contribution in [0.5, 0.6) is 0 Å². The lowest BCUT2D eigenvalue weighted by molar-refractivity contribution is -0.384. The minimum Gasteiger partial charge on any atom is -0.274 e. The van der Waals surface area contributed by atoms with Crippen LogP contribution in [0.1, 0.15) is 28.2 Å². The first-order valence-electron chi connectivity index (χ1n) is 13.8. The van der Waals surface area contributed by atoms with Crippen LogP contribution < -0.4 is 4.90 Å². The first kappa shape index (κ1) is 24.4. The van der Waals surface area contributed by atoms with Crippen LogP contribution in [0.3, 0.4) is 0 Å². The van der Waals surface area contributed by atoms with Gasteiger partial charge in [-0.15, -0.1) is 0 Å². The average molecular weight is 550 g/mol. The first-order chi connectivity index (χ1) is 20.5. The number of fused-ring (bicyclic) bond motifs is 1. The summed E-state index contributed by atoms with van der Waals surface area (Å²) in [4.78, 5) is 46.2. The summed E-state index contributed by atoms with van der Waals surface area (Å²) < 4.78 is 0. The topological polar surface area (TPSA) is 92.9 Å². The predicted octanol–water partition coefficient (Wildman–Crippen LogP) is 6.70. The zero-order valence-electron chi connectivity index (χ0n) is 22.3. The summed E-state index contributed by atoms with van der Waals surface area (Å²) in [6.07, 6.45) is 1.80. The molecule has 1 saturated heterocycles. The largest absolute Gasteiger partial charge is 0.274 e. The van der Waals surface area contributed by atoms with Crippen molar-refractivity contribution in [3.63, 3.8) is 0 Å². The van der Waals surface area contributed by atoms with E-state index in [0.717, 1.165) is 33.0 Å². The fraction of sp³-hybridized carbons (Fsp3) is 0.114. The normalized spacial score (nSPS) is 23.7. The van der Waals surface area contributed by atoms with Crippen molar-refractivity contribution >= 4 is 45.9 Å². The van der Waals surface area contributed by atoms with Crippen molar-refractivity contribution < 1.29 is 14.5 Å². The van der Waals surface area contributed by atoms with Gasteiger partial charge in [0.1, 0.15) is 0 Å². The van der Waals surface area contributed by atoms with Gasteiger partial charge in [0, 0.05) is 29.7 Å². The summed E-state index contributed by atoms with van der Waals surface area (Å²) in [7, 11) is 0. The van der Waals surface area contributed by atoms with Crippen LogP contribution in [0.15, 0.2) is 120 Å². The molecule has 0 N–H and O–H groups in total. The van der Waals surface area contributed by atoms with Crippen LogP contribution in [0, 0.1) is 22.0 Å². The molecule has 0 spiro atoms. The molecule has 7 heteroatoms. The minimum absolute atomic E-state index is 0.0247. The van der Waals surface area contributed by atoms with Gasteiger partial charge >= 0.3 is 0 Å². The second-order valence-corrected chi connectivity index (χ2v) is 11.1. The zero-order valence-corrected chi connectivity index (χ0v) is 22.3. The maximum absolute atomic E-state index is 14.7. The fourth-order valence-electron chi connectivity index (χ4n) is 7.53. The molecule has 0 aromatic heterocycles. The third kappa shape index (κ3) is 3.13. The van der Waals surface area contributed by atoms with Gasteiger partial charge in [-0.25, -0.2) is 4.90 Å². The number of non-ortho nitro benzene ring substituents is 1. The average Bonchev–Trinajstić information content (AvgIpc) is 3.30. The Morgan fingerprint density at radius 3 is 2.05 bits per heavy atom. The molecule has 4 aliphatic rings. The van der Waals surface area contributed by atoms with Crippen molar-refractivity contribution in [1.82, 2.24) is 0 Å². The Hall–Kier alpha value is -5.43. The molecule has 7 nitrogen and oxygen atoms in total. The summed E-state index contributed by atoms with van der Waals surface area (Å²) in [5, 5.41) is 13.0. The smallest absolute Gasteiger partial charge is 0.269 e. The van der Waals surface area contributed by atoms with Crippen LogP contribution >= 0.6 is 0 Å². The molecule has 1 fully saturated rings. The van der Waals surface area contributed by atoms with Gasteiger partial charge in [-0.3, -0.25) is 24.7 Å². The standard InChI is InChI=1S/C35H23N3O4/c39-33-31-30-25-11-3-5-13-27(25)35(28-14-6-4-12-26(28)30,20-36-22-16-18-23(19-17-22)38(41)42)32(31)34(40)37(33)29-15-7-9-21-8-1-2-10-24(21)29/h1-20,30-32H/t30?,31-,32+,35?/m1/s1. The summed E-state index contributed by atoms with van der Waals surface area (Å²) in [6.45, 7) is 0. The number of nitro benzene ring substituents is 1. The van der Waals surface area contributed by atoms with Crippen molar-refractivity contribution in [3.05, 3.63) is 148 Å². The van der Waals surface area contributed by atoms with Crippen molar-refractivity contribution in [2.24, 2.45) is 16.8 Å². The van der Waals surface area contributed by atoms with Crippen molar-refractivity contribution in [2.45, 2.75) is 11.3 Å². The van der Waals surface area contributed by atoms with E-state index in [1.807, 2.05) is 78.9 Å².